The average molecular weight is 294 g/mol. The van der Waals surface area contributed by atoms with Gasteiger partial charge in [0.15, 0.2) is 0 Å². The molecule has 3 aliphatic rings. The van der Waals surface area contributed by atoms with E-state index in [-0.39, 0.29) is 11.9 Å². The highest BCUT2D eigenvalue weighted by molar-refractivity contribution is 5.77. The molecule has 1 saturated carbocycles. The van der Waals surface area contributed by atoms with Gasteiger partial charge in [0.2, 0.25) is 5.91 Å². The van der Waals surface area contributed by atoms with Crippen molar-refractivity contribution < 1.29 is 4.79 Å². The predicted molar refractivity (Wildman–Crippen MR) is 84.0 cm³/mol. The number of nitrogens with one attached hydrogen (secondary N) is 1. The van der Waals surface area contributed by atoms with Gasteiger partial charge in [-0.15, -0.1) is 0 Å². The Balaban J connectivity index is 1.46. The number of nitrogens with two attached hydrogens (primary N) is 1. The van der Waals surface area contributed by atoms with Crippen molar-refractivity contribution in [1.82, 2.24) is 15.1 Å². The van der Waals surface area contributed by atoms with Gasteiger partial charge in [-0.1, -0.05) is 6.42 Å². The summed E-state index contributed by atoms with van der Waals surface area (Å²) < 4.78 is 0. The third-order valence-corrected chi connectivity index (χ3v) is 5.25. The second kappa shape index (κ2) is 7.07. The van der Waals surface area contributed by atoms with Crippen molar-refractivity contribution >= 4 is 5.91 Å². The molecule has 2 unspecified atom stereocenters. The average Bonchev–Trinajstić information content (AvgIpc) is 3.18. The minimum Gasteiger partial charge on any atom is -0.353 e. The smallest absolute Gasteiger partial charge is 0.221 e. The molecule has 1 amide bonds. The summed E-state index contributed by atoms with van der Waals surface area (Å²) >= 11 is 0. The van der Waals surface area contributed by atoms with Gasteiger partial charge in [0, 0.05) is 44.2 Å². The molecule has 3 N–H and O–H groups in total. The first kappa shape index (κ1) is 15.3. The second-order valence-corrected chi connectivity index (χ2v) is 6.97. The zero-order valence-electron chi connectivity index (χ0n) is 13.1. The van der Waals surface area contributed by atoms with E-state index in [0.717, 1.165) is 25.9 Å². The van der Waals surface area contributed by atoms with Gasteiger partial charge in [0.1, 0.15) is 0 Å². The fourth-order valence-corrected chi connectivity index (χ4v) is 3.77. The number of nitrogens with zero attached hydrogens (tertiary/aromatic N) is 2. The minimum atomic E-state index is 0.189. The predicted octanol–water partition coefficient (Wildman–Crippen LogP) is 0.543. The van der Waals surface area contributed by atoms with Crippen LogP contribution in [-0.4, -0.2) is 66.6 Å². The highest BCUT2D eigenvalue weighted by Crippen LogP contribution is 2.23. The van der Waals surface area contributed by atoms with Gasteiger partial charge < -0.3 is 11.1 Å². The monoisotopic (exact) mass is 294 g/mol. The van der Waals surface area contributed by atoms with E-state index in [0.29, 0.717) is 25.0 Å². The van der Waals surface area contributed by atoms with Gasteiger partial charge in [-0.25, -0.2) is 0 Å². The van der Waals surface area contributed by atoms with E-state index in [9.17, 15) is 4.79 Å². The molecule has 0 bridgehead atoms. The van der Waals surface area contributed by atoms with Crippen molar-refractivity contribution in [1.29, 1.82) is 0 Å². The molecule has 1 aliphatic carbocycles. The fourth-order valence-electron chi connectivity index (χ4n) is 3.77. The molecule has 2 atom stereocenters. The highest BCUT2D eigenvalue weighted by atomic mass is 16.1. The molecule has 2 saturated heterocycles. The molecular weight excluding hydrogens is 264 g/mol. The summed E-state index contributed by atoms with van der Waals surface area (Å²) in [7, 11) is 0. The van der Waals surface area contributed by atoms with Gasteiger partial charge in [-0.3, -0.25) is 14.6 Å². The molecule has 0 spiro atoms. The molecule has 5 nitrogen and oxygen atoms in total. The Morgan fingerprint density at radius 1 is 1.14 bits per heavy atom. The molecule has 21 heavy (non-hydrogen) atoms. The van der Waals surface area contributed by atoms with Crippen LogP contribution in [-0.2, 0) is 4.79 Å². The molecular formula is C16H30N4O. The summed E-state index contributed by atoms with van der Waals surface area (Å²) in [6, 6.07) is 1.36. The van der Waals surface area contributed by atoms with Crippen molar-refractivity contribution in [2.45, 2.75) is 63.1 Å². The lowest BCUT2D eigenvalue weighted by Crippen LogP contribution is -2.46. The van der Waals surface area contributed by atoms with Crippen LogP contribution in [0, 0.1) is 0 Å². The van der Waals surface area contributed by atoms with Crippen LogP contribution in [0.1, 0.15) is 44.9 Å². The third-order valence-electron chi connectivity index (χ3n) is 5.25. The van der Waals surface area contributed by atoms with Crippen molar-refractivity contribution in [3.8, 4) is 0 Å². The maximum atomic E-state index is 12.0. The summed E-state index contributed by atoms with van der Waals surface area (Å²) in [6.45, 7) is 5.30. The standard InChI is InChI=1S/C16H30N4O/c17-11-15(10-16(21)18-13-4-5-13)20-9-6-14(12-20)19-7-2-1-3-8-19/h13-15H,1-12,17H2,(H,18,21). The zero-order valence-corrected chi connectivity index (χ0v) is 13.1. The fraction of sp³-hybridized carbons (Fsp3) is 0.938. The summed E-state index contributed by atoms with van der Waals surface area (Å²) in [4.78, 5) is 17.1. The van der Waals surface area contributed by atoms with Crippen molar-refractivity contribution in [3.63, 3.8) is 0 Å². The number of rotatable bonds is 6. The Morgan fingerprint density at radius 2 is 1.90 bits per heavy atom. The summed E-state index contributed by atoms with van der Waals surface area (Å²) in [5.74, 6) is 0.189. The Bertz CT molecular complexity index is 352. The lowest BCUT2D eigenvalue weighted by molar-refractivity contribution is -0.122. The maximum Gasteiger partial charge on any atom is 0.221 e. The summed E-state index contributed by atoms with van der Waals surface area (Å²) in [5, 5.41) is 3.09. The minimum absolute atomic E-state index is 0.189. The van der Waals surface area contributed by atoms with Crippen LogP contribution in [0.3, 0.4) is 0 Å². The quantitative estimate of drug-likeness (QED) is 0.751. The first-order valence-corrected chi connectivity index (χ1v) is 8.74. The first-order chi connectivity index (χ1) is 10.3. The molecule has 5 heteroatoms. The highest BCUT2D eigenvalue weighted by Gasteiger charge is 2.33. The summed E-state index contributed by atoms with van der Waals surface area (Å²) in [5.41, 5.74) is 5.94. The Hall–Kier alpha value is -0.650. The van der Waals surface area contributed by atoms with E-state index in [1.165, 1.54) is 38.8 Å². The molecule has 2 heterocycles. The van der Waals surface area contributed by atoms with Gasteiger partial charge in [0.25, 0.3) is 0 Å². The van der Waals surface area contributed by atoms with Gasteiger partial charge in [-0.05, 0) is 45.2 Å². The van der Waals surface area contributed by atoms with Crippen LogP contribution in [0.5, 0.6) is 0 Å². The van der Waals surface area contributed by atoms with Gasteiger partial charge in [0.05, 0.1) is 0 Å². The molecule has 0 aromatic carbocycles. The van der Waals surface area contributed by atoms with Crippen LogP contribution in [0.25, 0.3) is 0 Å². The van der Waals surface area contributed by atoms with E-state index in [1.807, 2.05) is 0 Å². The lowest BCUT2D eigenvalue weighted by atomic mass is 10.1. The third kappa shape index (κ3) is 4.18. The van der Waals surface area contributed by atoms with E-state index < -0.39 is 0 Å². The van der Waals surface area contributed by atoms with Crippen LogP contribution in [0.4, 0.5) is 0 Å². The summed E-state index contributed by atoms with van der Waals surface area (Å²) in [6.07, 6.45) is 8.20. The first-order valence-electron chi connectivity index (χ1n) is 8.74. The Morgan fingerprint density at radius 3 is 2.57 bits per heavy atom. The number of hydrogen-bond acceptors (Lipinski definition) is 4. The van der Waals surface area contributed by atoms with Crippen LogP contribution in [0.2, 0.25) is 0 Å². The van der Waals surface area contributed by atoms with Crippen LogP contribution < -0.4 is 11.1 Å². The van der Waals surface area contributed by atoms with Crippen LogP contribution >= 0.6 is 0 Å². The molecule has 120 valence electrons. The number of amides is 1. The maximum absolute atomic E-state index is 12.0. The second-order valence-electron chi connectivity index (χ2n) is 6.97. The topological polar surface area (TPSA) is 61.6 Å². The zero-order chi connectivity index (χ0) is 14.7. The van der Waals surface area contributed by atoms with Crippen molar-refractivity contribution in [3.05, 3.63) is 0 Å². The molecule has 2 aliphatic heterocycles. The van der Waals surface area contributed by atoms with E-state index in [2.05, 4.69) is 15.1 Å². The lowest BCUT2D eigenvalue weighted by Gasteiger charge is -2.33. The largest absolute Gasteiger partial charge is 0.353 e. The number of hydrogen-bond donors (Lipinski definition) is 2. The van der Waals surface area contributed by atoms with Crippen molar-refractivity contribution in [2.75, 3.05) is 32.7 Å². The Kier molecular flexibility index (Phi) is 5.14. The van der Waals surface area contributed by atoms with Gasteiger partial charge >= 0.3 is 0 Å². The molecule has 0 radical (unpaired) electrons. The molecule has 3 rings (SSSR count). The molecule has 0 aromatic rings. The van der Waals surface area contributed by atoms with Gasteiger partial charge in [-0.2, -0.15) is 0 Å². The van der Waals surface area contributed by atoms with E-state index in [1.54, 1.807) is 0 Å². The van der Waals surface area contributed by atoms with Crippen LogP contribution in [0.15, 0.2) is 0 Å². The molecule has 3 fully saturated rings. The van der Waals surface area contributed by atoms with Crippen molar-refractivity contribution in [2.24, 2.45) is 5.73 Å². The number of carbonyl (C=O) groups excluding carboxylic acids is 1. The normalized spacial score (nSPS) is 29.5. The molecule has 0 aromatic heterocycles. The number of likely N-dealkylation sites (tertiary alicyclic amines) is 2. The SMILES string of the molecule is NCC(CC(=O)NC1CC1)N1CCC(N2CCCCC2)C1. The van der Waals surface area contributed by atoms with E-state index >= 15 is 0 Å². The number of carbonyl (C=O) groups is 1. The van der Waals surface area contributed by atoms with E-state index in [4.69, 9.17) is 5.73 Å². The Labute approximate surface area is 128 Å². The number of piperidine rings is 1.